The molecule has 0 bridgehead atoms. The molecule has 0 aromatic carbocycles. The van der Waals surface area contributed by atoms with Crippen molar-refractivity contribution in [3.8, 4) is 0 Å². The summed E-state index contributed by atoms with van der Waals surface area (Å²) < 4.78 is 0. The van der Waals surface area contributed by atoms with E-state index in [1.807, 2.05) is 0 Å². The van der Waals surface area contributed by atoms with Crippen molar-refractivity contribution in [3.05, 3.63) is 0 Å². The van der Waals surface area contributed by atoms with Crippen LogP contribution in [0.5, 0.6) is 0 Å². The average Bonchev–Trinajstić information content (AvgIpc) is 2.60. The van der Waals surface area contributed by atoms with Gasteiger partial charge in [-0.1, -0.05) is 90.9 Å². The maximum atomic E-state index is 12.1. The van der Waals surface area contributed by atoms with Crippen LogP contribution in [0.1, 0.15) is 117 Å². The van der Waals surface area contributed by atoms with Gasteiger partial charge < -0.3 is 10.2 Å². The molecule has 1 fully saturated rings. The van der Waals surface area contributed by atoms with Gasteiger partial charge in [0, 0.05) is 0 Å². The Morgan fingerprint density at radius 1 is 0.778 bits per heavy atom. The van der Waals surface area contributed by atoms with Crippen molar-refractivity contribution < 1.29 is 19.8 Å². The van der Waals surface area contributed by atoms with Crippen molar-refractivity contribution in [2.75, 3.05) is 0 Å². The molecule has 0 aromatic heterocycles. The van der Waals surface area contributed by atoms with E-state index in [1.165, 1.54) is 44.9 Å². The highest BCUT2D eigenvalue weighted by molar-refractivity contribution is 5.86. The van der Waals surface area contributed by atoms with E-state index in [4.69, 9.17) is 0 Å². The molecular weight excluding hydrogens is 340 g/mol. The lowest BCUT2D eigenvalue weighted by Crippen LogP contribution is -2.52. The van der Waals surface area contributed by atoms with Gasteiger partial charge in [0.2, 0.25) is 0 Å². The first-order chi connectivity index (χ1) is 12.8. The third-order valence-electron chi connectivity index (χ3n) is 6.85. The van der Waals surface area contributed by atoms with E-state index in [-0.39, 0.29) is 0 Å². The second-order valence-electron chi connectivity index (χ2n) is 9.35. The van der Waals surface area contributed by atoms with Crippen LogP contribution in [0.2, 0.25) is 0 Å². The molecule has 1 aliphatic rings. The van der Waals surface area contributed by atoms with Crippen molar-refractivity contribution in [1.82, 2.24) is 0 Å². The Balaban J connectivity index is 2.28. The normalized spacial score (nSPS) is 25.6. The van der Waals surface area contributed by atoms with E-state index >= 15 is 0 Å². The van der Waals surface area contributed by atoms with Gasteiger partial charge in [-0.25, -0.2) is 0 Å². The maximum Gasteiger partial charge on any atom is 0.310 e. The van der Waals surface area contributed by atoms with Crippen molar-refractivity contribution in [1.29, 1.82) is 0 Å². The summed E-state index contributed by atoms with van der Waals surface area (Å²) in [7, 11) is 0. The van der Waals surface area contributed by atoms with Crippen LogP contribution in [0, 0.1) is 16.7 Å². The number of hydrogen-bond acceptors (Lipinski definition) is 2. The molecule has 2 N–H and O–H groups in total. The minimum atomic E-state index is -1.13. The van der Waals surface area contributed by atoms with Gasteiger partial charge in [0.15, 0.2) is 0 Å². The number of carboxylic acids is 2. The zero-order valence-electron chi connectivity index (χ0n) is 17.9. The second-order valence-corrected chi connectivity index (χ2v) is 9.35. The van der Waals surface area contributed by atoms with Gasteiger partial charge in [-0.2, -0.15) is 0 Å². The fourth-order valence-corrected chi connectivity index (χ4v) is 4.80. The molecule has 4 nitrogen and oxygen atoms in total. The van der Waals surface area contributed by atoms with Crippen molar-refractivity contribution in [2.24, 2.45) is 16.7 Å². The molecule has 4 heteroatoms. The fraction of sp³-hybridized carbons (Fsp3) is 0.913. The minimum Gasteiger partial charge on any atom is -0.481 e. The molecule has 0 radical (unpaired) electrons. The molecule has 0 aliphatic heterocycles. The van der Waals surface area contributed by atoms with E-state index < -0.39 is 22.8 Å². The topological polar surface area (TPSA) is 74.6 Å². The highest BCUT2D eigenvalue weighted by Crippen LogP contribution is 2.54. The van der Waals surface area contributed by atoms with Crippen LogP contribution in [-0.2, 0) is 9.59 Å². The quantitative estimate of drug-likeness (QED) is 0.329. The summed E-state index contributed by atoms with van der Waals surface area (Å²) in [5.41, 5.74) is -2.22. The average molecular weight is 383 g/mol. The molecular formula is C23H42O4. The predicted molar refractivity (Wildman–Crippen MR) is 110 cm³/mol. The number of hydrogen-bond donors (Lipinski definition) is 2. The van der Waals surface area contributed by atoms with Gasteiger partial charge >= 0.3 is 11.9 Å². The number of unbranched alkanes of at least 4 members (excludes halogenated alkanes) is 8. The smallest absolute Gasteiger partial charge is 0.310 e. The maximum absolute atomic E-state index is 12.1. The van der Waals surface area contributed by atoms with E-state index in [1.54, 1.807) is 6.92 Å². The van der Waals surface area contributed by atoms with Gasteiger partial charge in [0.25, 0.3) is 0 Å². The van der Waals surface area contributed by atoms with Gasteiger partial charge in [0.05, 0.1) is 10.8 Å². The first-order valence-electron chi connectivity index (χ1n) is 11.2. The van der Waals surface area contributed by atoms with Gasteiger partial charge in [-0.05, 0) is 32.1 Å². The predicted octanol–water partition coefficient (Wildman–Crippen LogP) is 6.67. The number of rotatable bonds is 14. The largest absolute Gasteiger partial charge is 0.481 e. The van der Waals surface area contributed by atoms with E-state index in [0.717, 1.165) is 38.0 Å². The Kier molecular flexibility index (Phi) is 10.4. The zero-order valence-corrected chi connectivity index (χ0v) is 17.9. The van der Waals surface area contributed by atoms with Crippen LogP contribution in [0.3, 0.4) is 0 Å². The van der Waals surface area contributed by atoms with Crippen LogP contribution in [0.25, 0.3) is 0 Å². The first-order valence-corrected chi connectivity index (χ1v) is 11.2. The molecule has 1 rings (SSSR count). The van der Waals surface area contributed by atoms with E-state index in [0.29, 0.717) is 19.3 Å². The van der Waals surface area contributed by atoms with Crippen molar-refractivity contribution in [2.45, 2.75) is 117 Å². The summed E-state index contributed by atoms with van der Waals surface area (Å²) in [6, 6.07) is 0. The molecule has 0 saturated heterocycles. The highest BCUT2D eigenvalue weighted by Gasteiger charge is 2.58. The van der Waals surface area contributed by atoms with Gasteiger partial charge in [0.1, 0.15) is 0 Å². The summed E-state index contributed by atoms with van der Waals surface area (Å²) in [4.78, 5) is 23.9. The van der Waals surface area contributed by atoms with Crippen LogP contribution in [0.15, 0.2) is 0 Å². The zero-order chi connectivity index (χ0) is 20.3. The lowest BCUT2D eigenvalue weighted by atomic mass is 9.55. The molecule has 2 unspecified atom stereocenters. The van der Waals surface area contributed by atoms with Gasteiger partial charge in [-0.15, -0.1) is 0 Å². The van der Waals surface area contributed by atoms with E-state index in [2.05, 4.69) is 13.8 Å². The third kappa shape index (κ3) is 6.80. The number of carbonyl (C=O) groups is 2. The summed E-state index contributed by atoms with van der Waals surface area (Å²) in [5.74, 6) is -1.04. The third-order valence-corrected chi connectivity index (χ3v) is 6.85. The van der Waals surface area contributed by atoms with E-state index in [9.17, 15) is 19.8 Å². The van der Waals surface area contributed by atoms with Crippen LogP contribution >= 0.6 is 0 Å². The number of carboxylic acid groups (broad SMARTS) is 2. The monoisotopic (exact) mass is 382 g/mol. The van der Waals surface area contributed by atoms with Crippen LogP contribution in [0.4, 0.5) is 0 Å². The molecule has 158 valence electrons. The van der Waals surface area contributed by atoms with Crippen LogP contribution < -0.4 is 0 Å². The molecule has 1 aliphatic carbocycles. The molecule has 0 aromatic rings. The van der Waals surface area contributed by atoms with Gasteiger partial charge in [-0.3, -0.25) is 9.59 Å². The van der Waals surface area contributed by atoms with Crippen LogP contribution in [-0.4, -0.2) is 22.2 Å². The second kappa shape index (κ2) is 11.7. The summed E-state index contributed by atoms with van der Waals surface area (Å²) in [6.45, 7) is 6.21. The number of aliphatic carboxylic acids is 2. The lowest BCUT2D eigenvalue weighted by Gasteiger charge is -2.46. The highest BCUT2D eigenvalue weighted by atomic mass is 16.4. The summed E-state index contributed by atoms with van der Waals surface area (Å²) in [6.07, 6.45) is 15.2. The lowest BCUT2D eigenvalue weighted by molar-refractivity contribution is -0.179. The summed E-state index contributed by atoms with van der Waals surface area (Å²) in [5, 5.41) is 19.6. The Bertz CT molecular complexity index is 459. The molecule has 0 spiro atoms. The molecule has 0 heterocycles. The molecule has 1 saturated carbocycles. The fourth-order valence-electron chi connectivity index (χ4n) is 4.80. The Morgan fingerprint density at radius 2 is 1.26 bits per heavy atom. The molecule has 2 atom stereocenters. The SMILES string of the molecule is CC(C)CCCCCCCCCCCC1(C(=O)O)CCCCC1(C)C(=O)O. The molecule has 27 heavy (non-hydrogen) atoms. The Hall–Kier alpha value is -1.06. The Labute approximate surface area is 166 Å². The minimum absolute atomic E-state index is 0.478. The van der Waals surface area contributed by atoms with Crippen molar-refractivity contribution in [3.63, 3.8) is 0 Å². The standard InChI is InChI=1S/C23H42O4/c1-19(2)15-11-9-7-5-4-6-8-10-12-17-23(21(26)27)18-14-13-16-22(23,3)20(24)25/h19H,4-18H2,1-3H3,(H,24,25)(H,26,27). The first kappa shape index (κ1) is 24.0. The summed E-state index contributed by atoms with van der Waals surface area (Å²) >= 11 is 0. The molecule has 0 amide bonds. The Morgan fingerprint density at radius 3 is 1.74 bits per heavy atom. The van der Waals surface area contributed by atoms with Crippen molar-refractivity contribution >= 4 is 11.9 Å².